The Morgan fingerprint density at radius 3 is 1.26 bits per heavy atom. The molecule has 0 fully saturated rings. The van der Waals surface area contributed by atoms with Crippen LogP contribution in [0.3, 0.4) is 0 Å². The smallest absolute Gasteiger partial charge is 0.872 e. The van der Waals surface area contributed by atoms with Gasteiger partial charge in [-0.25, -0.2) is 0 Å². The van der Waals surface area contributed by atoms with E-state index in [1.807, 2.05) is 24.3 Å². The van der Waals surface area contributed by atoms with Crippen LogP contribution < -0.4 is 10.2 Å². The zero-order chi connectivity index (χ0) is 19.0. The molecule has 144 valence electrons. The van der Waals surface area contributed by atoms with Crippen LogP contribution in [0.15, 0.2) is 48.5 Å². The van der Waals surface area contributed by atoms with Crippen LogP contribution in [0.5, 0.6) is 11.5 Å². The van der Waals surface area contributed by atoms with Gasteiger partial charge in [0.1, 0.15) is 0 Å². The molecule has 0 atom stereocenters. The van der Waals surface area contributed by atoms with E-state index in [2.05, 4.69) is 13.8 Å². The minimum Gasteiger partial charge on any atom is -0.872 e. The van der Waals surface area contributed by atoms with E-state index in [4.69, 9.17) is 0 Å². The van der Waals surface area contributed by atoms with Gasteiger partial charge < -0.3 is 10.2 Å². The van der Waals surface area contributed by atoms with Crippen molar-refractivity contribution < 1.29 is 10.2 Å². The van der Waals surface area contributed by atoms with Crippen LogP contribution in [0.2, 0.25) is 0 Å². The Kier molecular flexibility index (Phi) is 17.4. The quantitative estimate of drug-likeness (QED) is 0.331. The maximum absolute atomic E-state index is 11.3. The number of para-hydroxylation sites is 2. The Bertz CT molecular complexity index is 545. The molecule has 0 saturated carbocycles. The molecule has 0 unspecified atom stereocenters. The van der Waals surface area contributed by atoms with E-state index >= 15 is 0 Å². The van der Waals surface area contributed by atoms with E-state index in [0.717, 1.165) is 36.8 Å². The first-order valence-corrected chi connectivity index (χ1v) is 10.2. The first kappa shape index (κ1) is 26.6. The van der Waals surface area contributed by atoms with Crippen LogP contribution in [0.25, 0.3) is 0 Å². The summed E-state index contributed by atoms with van der Waals surface area (Å²) >= 11 is 0. The van der Waals surface area contributed by atoms with Gasteiger partial charge in [0.2, 0.25) is 0 Å². The fourth-order valence-corrected chi connectivity index (χ4v) is 2.91. The van der Waals surface area contributed by atoms with E-state index in [1.165, 1.54) is 38.5 Å². The van der Waals surface area contributed by atoms with Crippen molar-refractivity contribution in [2.24, 2.45) is 0 Å². The Morgan fingerprint density at radius 2 is 0.926 bits per heavy atom. The molecule has 27 heavy (non-hydrogen) atoms. The zero-order valence-electron chi connectivity index (χ0n) is 17.2. The minimum absolute atomic E-state index is 0. The summed E-state index contributed by atoms with van der Waals surface area (Å²) in [4.78, 5) is 0. The monoisotopic (exact) mass is 492 g/mol. The molecule has 3 heteroatoms. The summed E-state index contributed by atoms with van der Waals surface area (Å²) < 4.78 is 0. The Morgan fingerprint density at radius 1 is 0.556 bits per heavy atom. The molecule has 2 aromatic carbocycles. The average Bonchev–Trinajstić information content (AvgIpc) is 2.66. The molecule has 0 aliphatic carbocycles. The van der Waals surface area contributed by atoms with Crippen molar-refractivity contribution in [2.75, 3.05) is 0 Å². The first-order chi connectivity index (χ1) is 12.7. The number of hydrogen-bond acceptors (Lipinski definition) is 2. The standard InChI is InChI=1S/2C12H18O.Ba/c2*1-2-3-4-5-8-11-9-6-7-10-12(11)13;/h2*6-7,9-10,13H,2-5,8H2,1H3;/q;;+2/p-2. The second-order valence-corrected chi connectivity index (χ2v) is 6.84. The summed E-state index contributed by atoms with van der Waals surface area (Å²) in [5, 5.41) is 22.6. The summed E-state index contributed by atoms with van der Waals surface area (Å²) in [5.41, 5.74) is 1.94. The summed E-state index contributed by atoms with van der Waals surface area (Å²) in [6.07, 6.45) is 11.7. The average molecular weight is 492 g/mol. The zero-order valence-corrected chi connectivity index (χ0v) is 21.7. The number of unbranched alkanes of at least 4 members (excludes halogenated alkanes) is 6. The third kappa shape index (κ3) is 12.6. The second-order valence-electron chi connectivity index (χ2n) is 6.84. The Labute approximate surface area is 206 Å². The molecule has 0 aliphatic rings. The summed E-state index contributed by atoms with van der Waals surface area (Å²) in [7, 11) is 0. The van der Waals surface area contributed by atoms with Crippen molar-refractivity contribution in [2.45, 2.75) is 78.1 Å². The molecule has 2 rings (SSSR count). The first-order valence-electron chi connectivity index (χ1n) is 10.2. The van der Waals surface area contributed by atoms with E-state index < -0.39 is 0 Å². The largest absolute Gasteiger partial charge is 2.00 e. The molecule has 0 spiro atoms. The van der Waals surface area contributed by atoms with Gasteiger partial charge in [-0.15, -0.1) is 11.5 Å². The van der Waals surface area contributed by atoms with E-state index in [9.17, 15) is 10.2 Å². The number of benzene rings is 2. The Hall–Kier alpha value is -0.389. The molecule has 2 aromatic rings. The van der Waals surface area contributed by atoms with Gasteiger partial charge in [-0.05, 0) is 25.7 Å². The van der Waals surface area contributed by atoms with Gasteiger partial charge in [0.15, 0.2) is 0 Å². The van der Waals surface area contributed by atoms with Crippen LogP contribution in [0, 0.1) is 0 Å². The summed E-state index contributed by atoms with van der Waals surface area (Å²) in [5.74, 6) is 0.387. The molecule has 0 heterocycles. The van der Waals surface area contributed by atoms with Crippen molar-refractivity contribution in [1.82, 2.24) is 0 Å². The fraction of sp³-hybridized carbons (Fsp3) is 0.500. The SMILES string of the molecule is CCCCCCc1ccccc1[O-].CCCCCCc1ccccc1[O-].[Ba+2]. The molecule has 0 N–H and O–H groups in total. The van der Waals surface area contributed by atoms with E-state index in [0.29, 0.717) is 0 Å². The van der Waals surface area contributed by atoms with Crippen LogP contribution in [-0.2, 0) is 12.8 Å². The molecule has 0 aromatic heterocycles. The number of hydrogen-bond donors (Lipinski definition) is 0. The normalized spacial score (nSPS) is 9.85. The third-order valence-corrected chi connectivity index (χ3v) is 4.54. The molecule has 0 bridgehead atoms. The van der Waals surface area contributed by atoms with Crippen molar-refractivity contribution in [3.63, 3.8) is 0 Å². The van der Waals surface area contributed by atoms with Gasteiger partial charge in [-0.2, -0.15) is 0 Å². The van der Waals surface area contributed by atoms with Crippen molar-refractivity contribution in [3.8, 4) is 11.5 Å². The van der Waals surface area contributed by atoms with Crippen LogP contribution in [-0.4, -0.2) is 48.9 Å². The number of aryl methyl sites for hydroxylation is 2. The van der Waals surface area contributed by atoms with Crippen molar-refractivity contribution in [1.29, 1.82) is 0 Å². The summed E-state index contributed by atoms with van der Waals surface area (Å²) in [6, 6.07) is 14.7. The molecular weight excluding hydrogens is 458 g/mol. The predicted octanol–water partition coefficient (Wildman–Crippen LogP) is 5.39. The summed E-state index contributed by atoms with van der Waals surface area (Å²) in [6.45, 7) is 4.39. The Balaban J connectivity index is 0.000000483. The van der Waals surface area contributed by atoms with Crippen LogP contribution >= 0.6 is 0 Å². The van der Waals surface area contributed by atoms with Gasteiger partial charge in [-0.3, -0.25) is 0 Å². The maximum atomic E-state index is 11.3. The van der Waals surface area contributed by atoms with Gasteiger partial charge >= 0.3 is 48.9 Å². The maximum Gasteiger partial charge on any atom is 2.00 e. The van der Waals surface area contributed by atoms with Crippen molar-refractivity contribution >= 4 is 48.9 Å². The third-order valence-electron chi connectivity index (χ3n) is 4.54. The molecule has 0 amide bonds. The van der Waals surface area contributed by atoms with Gasteiger partial charge in [-0.1, -0.05) is 112 Å². The molecule has 2 nitrogen and oxygen atoms in total. The minimum atomic E-state index is 0. The van der Waals surface area contributed by atoms with E-state index in [-0.39, 0.29) is 60.4 Å². The second kappa shape index (κ2) is 17.7. The van der Waals surface area contributed by atoms with Gasteiger partial charge in [0, 0.05) is 0 Å². The molecule has 0 aliphatic heterocycles. The molecule has 0 radical (unpaired) electrons. The van der Waals surface area contributed by atoms with Crippen molar-refractivity contribution in [3.05, 3.63) is 59.7 Å². The number of rotatable bonds is 10. The molecule has 0 saturated heterocycles. The van der Waals surface area contributed by atoms with Gasteiger partial charge in [0.25, 0.3) is 0 Å². The van der Waals surface area contributed by atoms with E-state index in [1.54, 1.807) is 24.3 Å². The van der Waals surface area contributed by atoms with Crippen LogP contribution in [0.4, 0.5) is 0 Å². The molecular formula is C24H34BaO2. The topological polar surface area (TPSA) is 46.1 Å². The van der Waals surface area contributed by atoms with Gasteiger partial charge in [0.05, 0.1) is 0 Å². The van der Waals surface area contributed by atoms with Crippen LogP contribution in [0.1, 0.15) is 76.3 Å². The predicted molar refractivity (Wildman–Crippen MR) is 113 cm³/mol. The fourth-order valence-electron chi connectivity index (χ4n) is 2.91.